The molecule has 1 aromatic heterocycles. The van der Waals surface area contributed by atoms with Gasteiger partial charge in [-0.2, -0.15) is 0 Å². The molecule has 0 saturated carbocycles. The largest absolute Gasteiger partial charge is 0.455 e. The summed E-state index contributed by atoms with van der Waals surface area (Å²) in [7, 11) is 0. The van der Waals surface area contributed by atoms with Crippen LogP contribution in [0.5, 0.6) is 0 Å². The molecule has 0 saturated heterocycles. The molecule has 71 heavy (non-hydrogen) atoms. The van der Waals surface area contributed by atoms with Crippen molar-refractivity contribution in [2.75, 3.05) is 4.90 Å². The van der Waals surface area contributed by atoms with E-state index in [1.54, 1.807) is 0 Å². The van der Waals surface area contributed by atoms with Gasteiger partial charge in [0.15, 0.2) is 0 Å². The molecule has 0 amide bonds. The lowest BCUT2D eigenvalue weighted by Crippen LogP contribution is -2.28. The van der Waals surface area contributed by atoms with Crippen LogP contribution in [0.3, 0.4) is 0 Å². The van der Waals surface area contributed by atoms with Gasteiger partial charge >= 0.3 is 0 Å². The molecule has 11 aromatic carbocycles. The molecule has 0 atom stereocenters. The molecule has 0 N–H and O–H groups in total. The van der Waals surface area contributed by atoms with Crippen molar-refractivity contribution in [3.63, 3.8) is 0 Å². The van der Waals surface area contributed by atoms with E-state index in [9.17, 15) is 0 Å². The van der Waals surface area contributed by atoms with E-state index in [0.29, 0.717) is 0 Å². The molecule has 2 nitrogen and oxygen atoms in total. The highest BCUT2D eigenvalue weighted by atomic mass is 16.3. The normalized spacial score (nSPS) is 13.3. The zero-order valence-corrected chi connectivity index (χ0v) is 39.1. The van der Waals surface area contributed by atoms with Gasteiger partial charge < -0.3 is 9.32 Å². The maximum Gasteiger partial charge on any atom is 0.143 e. The van der Waals surface area contributed by atoms with Crippen LogP contribution in [0, 0.1) is 0 Å². The summed E-state index contributed by atoms with van der Waals surface area (Å²) >= 11 is 0. The molecule has 0 spiro atoms. The fourth-order valence-corrected chi connectivity index (χ4v) is 12.0. The smallest absolute Gasteiger partial charge is 0.143 e. The molecule has 334 valence electrons. The Morgan fingerprint density at radius 2 is 1.03 bits per heavy atom. The standard InChI is InChI=1S/C69H47NO/c1-3-20-52(21-4-1)69(53-22-5-2-6-23-53)62-29-13-11-27-60(62)67-63(69)30-16-32-65(67)70(54-41-37-47(38-42-54)46-33-35-50(36-34-46)56-28-15-19-48-17-7-9-24-55(48)56)64-31-14-12-25-57(64)51-40-44-66-61(45-51)59-43-39-49-18-8-10-26-58(49)68(59)71-66/h1-8,10-23,25-45H,9,24H2. The Morgan fingerprint density at radius 3 is 1.83 bits per heavy atom. The van der Waals surface area contributed by atoms with Crippen LogP contribution in [0.2, 0.25) is 0 Å². The third kappa shape index (κ3) is 6.49. The van der Waals surface area contributed by atoms with Gasteiger partial charge in [0, 0.05) is 33.0 Å². The second-order valence-electron chi connectivity index (χ2n) is 19.0. The summed E-state index contributed by atoms with van der Waals surface area (Å²) < 4.78 is 6.63. The van der Waals surface area contributed by atoms with Gasteiger partial charge in [0.1, 0.15) is 11.2 Å². The van der Waals surface area contributed by atoms with E-state index in [1.165, 1.54) is 72.1 Å². The highest BCUT2D eigenvalue weighted by molar-refractivity contribution is 6.16. The Morgan fingerprint density at radius 1 is 0.408 bits per heavy atom. The minimum atomic E-state index is -0.543. The number of anilines is 3. The minimum Gasteiger partial charge on any atom is -0.455 e. The van der Waals surface area contributed by atoms with Gasteiger partial charge in [0.2, 0.25) is 0 Å². The zero-order valence-electron chi connectivity index (χ0n) is 39.1. The number of rotatable bonds is 8. The molecule has 2 heteroatoms. The fraction of sp³-hybridized carbons (Fsp3) is 0.0435. The molecule has 1 heterocycles. The van der Waals surface area contributed by atoms with Crippen LogP contribution in [0.25, 0.3) is 83.3 Å². The Hall–Kier alpha value is -8.98. The Labute approximate surface area is 414 Å². The molecule has 2 aliphatic rings. The first-order valence-corrected chi connectivity index (χ1v) is 24.8. The van der Waals surface area contributed by atoms with Gasteiger partial charge in [-0.05, 0) is 127 Å². The Kier molecular flexibility index (Phi) is 9.60. The van der Waals surface area contributed by atoms with Crippen LogP contribution in [0.15, 0.2) is 259 Å². The lowest BCUT2D eigenvalue weighted by Gasteiger charge is -2.34. The summed E-state index contributed by atoms with van der Waals surface area (Å²) in [6.45, 7) is 0. The van der Waals surface area contributed by atoms with Gasteiger partial charge in [-0.25, -0.2) is 0 Å². The molecular weight excluding hydrogens is 859 g/mol. The van der Waals surface area contributed by atoms with Gasteiger partial charge in [-0.3, -0.25) is 0 Å². The van der Waals surface area contributed by atoms with Crippen LogP contribution in [0.1, 0.15) is 39.8 Å². The molecule has 0 unspecified atom stereocenters. The summed E-state index contributed by atoms with van der Waals surface area (Å²) in [5.74, 6) is 0. The van der Waals surface area contributed by atoms with Crippen molar-refractivity contribution in [2.24, 2.45) is 0 Å². The summed E-state index contributed by atoms with van der Waals surface area (Å²) in [5, 5.41) is 4.52. The number of hydrogen-bond donors (Lipinski definition) is 0. The second-order valence-corrected chi connectivity index (χ2v) is 19.0. The summed E-state index contributed by atoms with van der Waals surface area (Å²) in [4.78, 5) is 2.50. The van der Waals surface area contributed by atoms with Gasteiger partial charge in [-0.1, -0.05) is 218 Å². The molecule has 12 aromatic rings. The van der Waals surface area contributed by atoms with Gasteiger partial charge in [0.05, 0.1) is 16.8 Å². The predicted molar refractivity (Wildman–Crippen MR) is 297 cm³/mol. The van der Waals surface area contributed by atoms with E-state index >= 15 is 0 Å². The van der Waals surface area contributed by atoms with Crippen LogP contribution in [0.4, 0.5) is 17.1 Å². The van der Waals surface area contributed by atoms with E-state index < -0.39 is 5.41 Å². The van der Waals surface area contributed by atoms with E-state index in [0.717, 1.165) is 68.4 Å². The maximum absolute atomic E-state index is 6.63. The van der Waals surface area contributed by atoms with Crippen LogP contribution >= 0.6 is 0 Å². The SMILES string of the molecule is C1=Cc2cccc(-c3ccc(-c4ccc(N(c5ccccc5-c5ccc6oc7c8ccccc8ccc7c6c5)c5cccc6c5-c5ccccc5C6(c5ccccc5)c5ccccc5)cc4)cc3)c2CC1. The summed E-state index contributed by atoms with van der Waals surface area (Å²) in [6, 6.07) is 91.7. The molecular formula is C69H47NO. The highest BCUT2D eigenvalue weighted by Gasteiger charge is 2.47. The maximum atomic E-state index is 6.63. The summed E-state index contributed by atoms with van der Waals surface area (Å²) in [6.07, 6.45) is 6.72. The van der Waals surface area contributed by atoms with Gasteiger partial charge in [-0.15, -0.1) is 0 Å². The van der Waals surface area contributed by atoms with E-state index in [4.69, 9.17) is 4.42 Å². The van der Waals surface area contributed by atoms with Crippen molar-refractivity contribution in [3.8, 4) is 44.5 Å². The number of furan rings is 1. The van der Waals surface area contributed by atoms with E-state index in [2.05, 4.69) is 266 Å². The molecule has 2 aliphatic carbocycles. The third-order valence-corrected chi connectivity index (χ3v) is 15.2. The number of hydrogen-bond acceptors (Lipinski definition) is 2. The van der Waals surface area contributed by atoms with E-state index in [1.807, 2.05) is 0 Å². The van der Waals surface area contributed by atoms with E-state index in [-0.39, 0.29) is 0 Å². The quantitative estimate of drug-likeness (QED) is 0.151. The van der Waals surface area contributed by atoms with Crippen molar-refractivity contribution in [1.82, 2.24) is 0 Å². The second kappa shape index (κ2) is 16.6. The minimum absolute atomic E-state index is 0.543. The topological polar surface area (TPSA) is 16.4 Å². The first-order chi connectivity index (χ1) is 35.2. The first kappa shape index (κ1) is 41.0. The average Bonchev–Trinajstić information content (AvgIpc) is 3.98. The van der Waals surface area contributed by atoms with Crippen molar-refractivity contribution in [3.05, 3.63) is 288 Å². The molecule has 14 rings (SSSR count). The lowest BCUT2D eigenvalue weighted by atomic mass is 9.68. The number of allylic oxidation sites excluding steroid dienone is 1. The Balaban J connectivity index is 0.961. The van der Waals surface area contributed by atoms with Crippen molar-refractivity contribution in [2.45, 2.75) is 18.3 Å². The molecule has 0 aliphatic heterocycles. The van der Waals surface area contributed by atoms with Crippen molar-refractivity contribution in [1.29, 1.82) is 0 Å². The van der Waals surface area contributed by atoms with Crippen LogP contribution in [-0.2, 0) is 11.8 Å². The molecule has 0 fully saturated rings. The Bertz CT molecular complexity index is 3990. The lowest BCUT2D eigenvalue weighted by molar-refractivity contribution is 0.672. The average molecular weight is 906 g/mol. The van der Waals surface area contributed by atoms with Crippen LogP contribution in [-0.4, -0.2) is 0 Å². The molecule has 0 radical (unpaired) electrons. The number of benzene rings is 11. The third-order valence-electron chi connectivity index (χ3n) is 15.2. The number of nitrogens with zero attached hydrogens (tertiary/aromatic N) is 1. The fourth-order valence-electron chi connectivity index (χ4n) is 12.0. The van der Waals surface area contributed by atoms with Crippen LogP contribution < -0.4 is 4.90 Å². The number of para-hydroxylation sites is 1. The zero-order chi connectivity index (χ0) is 46.9. The summed E-state index contributed by atoms with van der Waals surface area (Å²) in [5.41, 5.74) is 22.0. The van der Waals surface area contributed by atoms with Crippen molar-refractivity contribution < 1.29 is 4.42 Å². The number of fused-ring (bicyclic) bond motifs is 9. The predicted octanol–water partition coefficient (Wildman–Crippen LogP) is 18.5. The molecule has 0 bridgehead atoms. The van der Waals surface area contributed by atoms with Gasteiger partial charge in [0.25, 0.3) is 0 Å². The monoisotopic (exact) mass is 905 g/mol. The van der Waals surface area contributed by atoms with Crippen molar-refractivity contribution >= 4 is 55.8 Å². The highest BCUT2D eigenvalue weighted by Crippen LogP contribution is 2.60. The first-order valence-electron chi connectivity index (χ1n) is 24.8.